The first-order chi connectivity index (χ1) is 14.0. The highest BCUT2D eigenvalue weighted by Gasteiger charge is 2.17. The second-order valence-electron chi connectivity index (χ2n) is 6.55. The average molecular weight is 410 g/mol. The summed E-state index contributed by atoms with van der Waals surface area (Å²) in [7, 11) is 0. The zero-order valence-electron chi connectivity index (χ0n) is 16.1. The summed E-state index contributed by atoms with van der Waals surface area (Å²) < 4.78 is 5.65. The third-order valence-electron chi connectivity index (χ3n) is 4.22. The van der Waals surface area contributed by atoms with E-state index in [0.29, 0.717) is 17.7 Å². The highest BCUT2D eigenvalue weighted by atomic mass is 32.2. The van der Waals surface area contributed by atoms with Crippen molar-refractivity contribution >= 4 is 23.6 Å². The van der Waals surface area contributed by atoms with Gasteiger partial charge in [-0.15, -0.1) is 10.2 Å². The lowest BCUT2D eigenvalue weighted by atomic mass is 10.1. The standard InChI is InChI=1S/C21H22N4O3S/c1-15-7-9-17(10-8-15)20-23-24-21(28-20)29-14-19(27)25(12-11-18(22)26)13-16-5-3-2-4-6-16/h2-10H,11-14H2,1H3,(H2,22,26). The zero-order chi connectivity index (χ0) is 20.6. The lowest BCUT2D eigenvalue weighted by Gasteiger charge is -2.22. The van der Waals surface area contributed by atoms with Crippen molar-refractivity contribution in [3.8, 4) is 11.5 Å². The van der Waals surface area contributed by atoms with Crippen LogP contribution in [0.2, 0.25) is 0 Å². The van der Waals surface area contributed by atoms with E-state index in [2.05, 4.69) is 10.2 Å². The molecule has 3 aromatic rings. The predicted octanol–water partition coefficient (Wildman–Crippen LogP) is 3.04. The second-order valence-corrected chi connectivity index (χ2v) is 7.47. The number of aromatic nitrogens is 2. The number of benzene rings is 2. The second kappa shape index (κ2) is 9.88. The Bertz CT molecular complexity index is 958. The predicted molar refractivity (Wildman–Crippen MR) is 111 cm³/mol. The minimum atomic E-state index is -0.442. The van der Waals surface area contributed by atoms with E-state index in [1.54, 1.807) is 4.90 Å². The molecule has 0 fully saturated rings. The van der Waals surface area contributed by atoms with Crippen LogP contribution in [0.1, 0.15) is 17.5 Å². The first-order valence-electron chi connectivity index (χ1n) is 9.14. The quantitative estimate of drug-likeness (QED) is 0.544. The van der Waals surface area contributed by atoms with E-state index in [0.717, 1.165) is 16.7 Å². The van der Waals surface area contributed by atoms with Gasteiger partial charge < -0.3 is 15.1 Å². The van der Waals surface area contributed by atoms with Gasteiger partial charge in [0.05, 0.1) is 5.75 Å². The number of carbonyl (C=O) groups excluding carboxylic acids is 2. The highest BCUT2D eigenvalue weighted by Crippen LogP contribution is 2.23. The van der Waals surface area contributed by atoms with Crippen LogP contribution < -0.4 is 5.73 Å². The molecule has 0 atom stereocenters. The van der Waals surface area contributed by atoms with Gasteiger partial charge in [-0.05, 0) is 24.6 Å². The molecule has 2 aromatic carbocycles. The van der Waals surface area contributed by atoms with E-state index >= 15 is 0 Å². The van der Waals surface area contributed by atoms with Crippen molar-refractivity contribution in [1.82, 2.24) is 15.1 Å². The summed E-state index contributed by atoms with van der Waals surface area (Å²) in [5.74, 6) is -0.0330. The Balaban J connectivity index is 1.61. The van der Waals surface area contributed by atoms with Crippen molar-refractivity contribution < 1.29 is 14.0 Å². The number of aryl methyl sites for hydroxylation is 1. The lowest BCUT2D eigenvalue weighted by Crippen LogP contribution is -2.34. The van der Waals surface area contributed by atoms with Crippen LogP contribution in [-0.2, 0) is 16.1 Å². The molecule has 150 valence electrons. The van der Waals surface area contributed by atoms with Crippen LogP contribution in [0.3, 0.4) is 0 Å². The maximum absolute atomic E-state index is 12.7. The SMILES string of the molecule is Cc1ccc(-c2nnc(SCC(=O)N(CCC(N)=O)Cc3ccccc3)o2)cc1. The van der Waals surface area contributed by atoms with Crippen LogP contribution in [0.5, 0.6) is 0 Å². The van der Waals surface area contributed by atoms with Gasteiger partial charge in [0.25, 0.3) is 5.22 Å². The molecule has 0 aliphatic rings. The van der Waals surface area contributed by atoms with Gasteiger partial charge in [0, 0.05) is 25.1 Å². The average Bonchev–Trinajstić information content (AvgIpc) is 3.19. The van der Waals surface area contributed by atoms with Crippen LogP contribution >= 0.6 is 11.8 Å². The van der Waals surface area contributed by atoms with E-state index in [4.69, 9.17) is 10.2 Å². The summed E-state index contributed by atoms with van der Waals surface area (Å²) in [6, 6.07) is 17.4. The van der Waals surface area contributed by atoms with Crippen LogP contribution in [0.15, 0.2) is 64.2 Å². The number of rotatable bonds is 9. The van der Waals surface area contributed by atoms with Crippen molar-refractivity contribution in [3.05, 3.63) is 65.7 Å². The third kappa shape index (κ3) is 6.18. The molecular weight excluding hydrogens is 388 g/mol. The summed E-state index contributed by atoms with van der Waals surface area (Å²) in [4.78, 5) is 25.5. The minimum absolute atomic E-state index is 0.112. The summed E-state index contributed by atoms with van der Waals surface area (Å²) in [5, 5.41) is 8.37. The van der Waals surface area contributed by atoms with Crippen molar-refractivity contribution in [1.29, 1.82) is 0 Å². The van der Waals surface area contributed by atoms with E-state index in [-0.39, 0.29) is 24.6 Å². The fourth-order valence-electron chi connectivity index (χ4n) is 2.64. The number of hydrogen-bond acceptors (Lipinski definition) is 6. The molecule has 0 aliphatic carbocycles. The van der Waals surface area contributed by atoms with Crippen LogP contribution in [0.25, 0.3) is 11.5 Å². The smallest absolute Gasteiger partial charge is 0.277 e. The number of hydrogen-bond donors (Lipinski definition) is 1. The third-order valence-corrected chi connectivity index (χ3v) is 5.02. The number of amides is 2. The van der Waals surface area contributed by atoms with Crippen molar-refractivity contribution in [3.63, 3.8) is 0 Å². The normalized spacial score (nSPS) is 10.7. The van der Waals surface area contributed by atoms with E-state index in [1.165, 1.54) is 11.8 Å². The highest BCUT2D eigenvalue weighted by molar-refractivity contribution is 7.99. The number of nitrogens with zero attached hydrogens (tertiary/aromatic N) is 3. The Hall–Kier alpha value is -3.13. The zero-order valence-corrected chi connectivity index (χ0v) is 16.9. The topological polar surface area (TPSA) is 102 Å². The molecule has 0 saturated heterocycles. The molecule has 0 bridgehead atoms. The van der Waals surface area contributed by atoms with Gasteiger partial charge in [-0.3, -0.25) is 9.59 Å². The Kier molecular flexibility index (Phi) is 7.02. The molecule has 29 heavy (non-hydrogen) atoms. The van der Waals surface area contributed by atoms with Gasteiger partial charge in [0.2, 0.25) is 17.7 Å². The van der Waals surface area contributed by atoms with E-state index in [1.807, 2.05) is 61.5 Å². The van der Waals surface area contributed by atoms with Gasteiger partial charge in [-0.1, -0.05) is 59.8 Å². The number of primary amides is 1. The first kappa shape index (κ1) is 20.6. The van der Waals surface area contributed by atoms with Gasteiger partial charge in [-0.25, -0.2) is 0 Å². The first-order valence-corrected chi connectivity index (χ1v) is 10.1. The van der Waals surface area contributed by atoms with E-state index < -0.39 is 5.91 Å². The molecule has 1 aromatic heterocycles. The number of nitrogens with two attached hydrogens (primary N) is 1. The maximum Gasteiger partial charge on any atom is 0.277 e. The van der Waals surface area contributed by atoms with Crippen LogP contribution in [-0.4, -0.2) is 39.2 Å². The Morgan fingerprint density at radius 1 is 1.07 bits per heavy atom. The maximum atomic E-state index is 12.7. The summed E-state index contributed by atoms with van der Waals surface area (Å²) in [6.45, 7) is 2.68. The Morgan fingerprint density at radius 2 is 1.79 bits per heavy atom. The van der Waals surface area contributed by atoms with E-state index in [9.17, 15) is 9.59 Å². The minimum Gasteiger partial charge on any atom is -0.411 e. The summed E-state index contributed by atoms with van der Waals surface area (Å²) in [6.07, 6.45) is 0.112. The van der Waals surface area contributed by atoms with Crippen molar-refractivity contribution in [2.75, 3.05) is 12.3 Å². The number of carbonyl (C=O) groups is 2. The molecule has 7 nitrogen and oxygen atoms in total. The van der Waals surface area contributed by atoms with Gasteiger partial charge >= 0.3 is 0 Å². The monoisotopic (exact) mass is 410 g/mol. The van der Waals surface area contributed by atoms with Crippen molar-refractivity contribution in [2.24, 2.45) is 5.73 Å². The van der Waals surface area contributed by atoms with Gasteiger partial charge in [0.1, 0.15) is 0 Å². The fraction of sp³-hybridized carbons (Fsp3) is 0.238. The Labute approximate surface area is 173 Å². The molecule has 0 spiro atoms. The molecule has 0 radical (unpaired) electrons. The van der Waals surface area contributed by atoms with Crippen LogP contribution in [0, 0.1) is 6.92 Å². The molecule has 1 heterocycles. The summed E-state index contributed by atoms with van der Waals surface area (Å²) >= 11 is 1.17. The Morgan fingerprint density at radius 3 is 2.48 bits per heavy atom. The van der Waals surface area contributed by atoms with Gasteiger partial charge in [0.15, 0.2) is 0 Å². The summed E-state index contributed by atoms with van der Waals surface area (Å²) in [5.41, 5.74) is 8.20. The van der Waals surface area contributed by atoms with Gasteiger partial charge in [-0.2, -0.15) is 0 Å². The fourth-order valence-corrected chi connectivity index (χ4v) is 3.30. The largest absolute Gasteiger partial charge is 0.411 e. The molecule has 0 aliphatic heterocycles. The molecule has 2 N–H and O–H groups in total. The lowest BCUT2D eigenvalue weighted by molar-refractivity contribution is -0.129. The molecule has 0 unspecified atom stereocenters. The molecule has 3 rings (SSSR count). The van der Waals surface area contributed by atoms with Crippen LogP contribution in [0.4, 0.5) is 0 Å². The molecule has 2 amide bonds. The van der Waals surface area contributed by atoms with Crippen molar-refractivity contribution in [2.45, 2.75) is 25.1 Å². The number of thioether (sulfide) groups is 1. The molecular formula is C21H22N4O3S. The molecule has 8 heteroatoms. The molecule has 0 saturated carbocycles.